The molecule has 1 aromatic heterocycles. The summed E-state index contributed by atoms with van der Waals surface area (Å²) in [6.45, 7) is 4.41. The van der Waals surface area contributed by atoms with Gasteiger partial charge in [0.25, 0.3) is 5.91 Å². The van der Waals surface area contributed by atoms with Gasteiger partial charge in [0.15, 0.2) is 6.10 Å². The van der Waals surface area contributed by atoms with Crippen LogP contribution in [0.4, 0.5) is 0 Å². The van der Waals surface area contributed by atoms with Crippen molar-refractivity contribution in [2.45, 2.75) is 32.9 Å². The molecule has 0 saturated heterocycles. The molecule has 0 radical (unpaired) electrons. The summed E-state index contributed by atoms with van der Waals surface area (Å²) in [5.74, 6) is 0.377. The summed E-state index contributed by atoms with van der Waals surface area (Å²) < 4.78 is 15.7. The molecule has 128 valence electrons. The van der Waals surface area contributed by atoms with Gasteiger partial charge in [-0.15, -0.1) is 0 Å². The Balaban J connectivity index is 1.82. The van der Waals surface area contributed by atoms with Crippen molar-refractivity contribution in [2.75, 3.05) is 6.61 Å². The van der Waals surface area contributed by atoms with E-state index in [0.29, 0.717) is 23.7 Å². The lowest BCUT2D eigenvalue weighted by atomic mass is 10.2. The fourth-order valence-corrected chi connectivity index (χ4v) is 1.92. The van der Waals surface area contributed by atoms with Crippen LogP contribution in [0.1, 0.15) is 36.4 Å². The molecule has 0 spiro atoms. The maximum atomic E-state index is 12.1. The average Bonchev–Trinajstić information content (AvgIpc) is 3.11. The zero-order valence-electron chi connectivity index (χ0n) is 13.8. The first-order valence-corrected chi connectivity index (χ1v) is 7.84. The summed E-state index contributed by atoms with van der Waals surface area (Å²) in [5.41, 5.74) is 0.365. The van der Waals surface area contributed by atoms with Gasteiger partial charge in [-0.3, -0.25) is 4.79 Å². The maximum absolute atomic E-state index is 12.1. The summed E-state index contributed by atoms with van der Waals surface area (Å²) >= 11 is 0. The quantitative estimate of drug-likeness (QED) is 0.753. The minimum atomic E-state index is -0.900. The van der Waals surface area contributed by atoms with Crippen molar-refractivity contribution in [3.05, 3.63) is 54.0 Å². The molecule has 1 N–H and O–H groups in total. The van der Waals surface area contributed by atoms with Crippen molar-refractivity contribution >= 4 is 11.9 Å². The van der Waals surface area contributed by atoms with Gasteiger partial charge in [0.05, 0.1) is 25.0 Å². The number of esters is 1. The normalized spacial score (nSPS) is 11.6. The molecule has 1 amide bonds. The van der Waals surface area contributed by atoms with Gasteiger partial charge in [-0.2, -0.15) is 0 Å². The zero-order chi connectivity index (χ0) is 17.4. The van der Waals surface area contributed by atoms with Gasteiger partial charge in [0, 0.05) is 0 Å². The number of nitrogens with one attached hydrogen (secondary N) is 1. The number of carbonyl (C=O) groups excluding carboxylic acids is 2. The van der Waals surface area contributed by atoms with E-state index in [9.17, 15) is 9.59 Å². The molecule has 6 heteroatoms. The lowest BCUT2D eigenvalue weighted by Crippen LogP contribution is -2.35. The van der Waals surface area contributed by atoms with E-state index in [-0.39, 0.29) is 12.5 Å². The van der Waals surface area contributed by atoms with Crippen LogP contribution in [0.25, 0.3) is 0 Å². The Bertz CT molecular complexity index is 649. The lowest BCUT2D eigenvalue weighted by Gasteiger charge is -2.13. The number of benzene rings is 1. The van der Waals surface area contributed by atoms with Crippen LogP contribution in [-0.2, 0) is 16.1 Å². The van der Waals surface area contributed by atoms with E-state index < -0.39 is 12.1 Å². The molecule has 1 aromatic carbocycles. The summed E-state index contributed by atoms with van der Waals surface area (Å²) in [7, 11) is 0. The molecule has 0 aliphatic carbocycles. The van der Waals surface area contributed by atoms with Crippen LogP contribution in [0, 0.1) is 0 Å². The van der Waals surface area contributed by atoms with Crippen LogP contribution in [0.5, 0.6) is 5.75 Å². The van der Waals surface area contributed by atoms with Crippen molar-refractivity contribution in [3.63, 3.8) is 0 Å². The highest BCUT2D eigenvalue weighted by molar-refractivity contribution is 5.92. The molecule has 0 aliphatic rings. The third kappa shape index (κ3) is 5.15. The molecule has 6 nitrogen and oxygen atoms in total. The third-order valence-electron chi connectivity index (χ3n) is 3.23. The Kier molecular flexibility index (Phi) is 6.42. The molecule has 0 aliphatic heterocycles. The number of amides is 1. The van der Waals surface area contributed by atoms with Gasteiger partial charge >= 0.3 is 5.97 Å². The second-order valence-electron chi connectivity index (χ2n) is 5.22. The Hall–Kier alpha value is -2.76. The van der Waals surface area contributed by atoms with E-state index in [1.165, 1.54) is 13.2 Å². The monoisotopic (exact) mass is 331 g/mol. The van der Waals surface area contributed by atoms with E-state index in [2.05, 4.69) is 5.32 Å². The predicted molar refractivity (Wildman–Crippen MR) is 87.7 cm³/mol. The fraction of sp³-hybridized carbons (Fsp3) is 0.333. The topological polar surface area (TPSA) is 77.8 Å². The molecule has 0 fully saturated rings. The number of hydrogen-bond acceptors (Lipinski definition) is 5. The lowest BCUT2D eigenvalue weighted by molar-refractivity contribution is -0.129. The van der Waals surface area contributed by atoms with Gasteiger partial charge in [-0.1, -0.05) is 6.92 Å². The summed E-state index contributed by atoms with van der Waals surface area (Å²) in [4.78, 5) is 24.0. The molecule has 0 unspecified atom stereocenters. The molecule has 1 heterocycles. The number of furan rings is 1. The fourth-order valence-electron chi connectivity index (χ4n) is 1.92. The van der Waals surface area contributed by atoms with Crippen LogP contribution in [0.2, 0.25) is 0 Å². The maximum Gasteiger partial charge on any atom is 0.338 e. The number of ether oxygens (including phenoxy) is 2. The predicted octanol–water partition coefficient (Wildman–Crippen LogP) is 2.93. The Morgan fingerprint density at radius 2 is 1.96 bits per heavy atom. The van der Waals surface area contributed by atoms with E-state index >= 15 is 0 Å². The van der Waals surface area contributed by atoms with E-state index in [1.54, 1.807) is 36.4 Å². The average molecular weight is 331 g/mol. The van der Waals surface area contributed by atoms with Crippen LogP contribution in [-0.4, -0.2) is 24.6 Å². The number of carbonyl (C=O) groups is 2. The van der Waals surface area contributed by atoms with E-state index in [0.717, 1.165) is 6.42 Å². The van der Waals surface area contributed by atoms with Crippen molar-refractivity contribution in [1.82, 2.24) is 5.32 Å². The first kappa shape index (κ1) is 17.6. The standard InChI is InChI=1S/C18H21NO5/c1-3-10-22-15-8-6-14(7-9-15)18(21)24-13(2)17(20)19-12-16-5-4-11-23-16/h4-9,11,13H,3,10,12H2,1-2H3,(H,19,20)/t13-/m0/s1. The molecule has 1 atom stereocenters. The van der Waals surface area contributed by atoms with Crippen molar-refractivity contribution in [3.8, 4) is 5.75 Å². The Morgan fingerprint density at radius 1 is 1.21 bits per heavy atom. The number of hydrogen-bond donors (Lipinski definition) is 1. The van der Waals surface area contributed by atoms with Crippen molar-refractivity contribution in [1.29, 1.82) is 0 Å². The molecule has 2 rings (SSSR count). The van der Waals surface area contributed by atoms with Crippen molar-refractivity contribution < 1.29 is 23.5 Å². The van der Waals surface area contributed by atoms with Crippen LogP contribution < -0.4 is 10.1 Å². The van der Waals surface area contributed by atoms with Gasteiger partial charge in [-0.25, -0.2) is 4.79 Å². The van der Waals surface area contributed by atoms with Crippen LogP contribution in [0.3, 0.4) is 0 Å². The second-order valence-corrected chi connectivity index (χ2v) is 5.22. The second kappa shape index (κ2) is 8.76. The van der Waals surface area contributed by atoms with E-state index in [4.69, 9.17) is 13.9 Å². The first-order valence-electron chi connectivity index (χ1n) is 7.84. The Labute approximate surface area is 140 Å². The minimum Gasteiger partial charge on any atom is -0.494 e. The third-order valence-corrected chi connectivity index (χ3v) is 3.23. The first-order chi connectivity index (χ1) is 11.6. The summed E-state index contributed by atoms with van der Waals surface area (Å²) in [6.07, 6.45) is 1.54. The Morgan fingerprint density at radius 3 is 2.58 bits per heavy atom. The minimum absolute atomic E-state index is 0.247. The molecular formula is C18H21NO5. The largest absolute Gasteiger partial charge is 0.494 e. The van der Waals surface area contributed by atoms with Gasteiger partial charge < -0.3 is 19.2 Å². The van der Waals surface area contributed by atoms with Crippen LogP contribution in [0.15, 0.2) is 47.1 Å². The molecular weight excluding hydrogens is 310 g/mol. The molecule has 24 heavy (non-hydrogen) atoms. The highest BCUT2D eigenvalue weighted by Crippen LogP contribution is 2.14. The SMILES string of the molecule is CCCOc1ccc(C(=O)O[C@@H](C)C(=O)NCc2ccco2)cc1. The zero-order valence-corrected chi connectivity index (χ0v) is 13.8. The smallest absolute Gasteiger partial charge is 0.338 e. The highest BCUT2D eigenvalue weighted by Gasteiger charge is 2.19. The summed E-state index contributed by atoms with van der Waals surface area (Å²) in [5, 5.41) is 2.64. The van der Waals surface area contributed by atoms with Gasteiger partial charge in [0.1, 0.15) is 11.5 Å². The van der Waals surface area contributed by atoms with Gasteiger partial charge in [0.2, 0.25) is 0 Å². The van der Waals surface area contributed by atoms with E-state index in [1.807, 2.05) is 6.92 Å². The highest BCUT2D eigenvalue weighted by atomic mass is 16.5. The number of rotatable bonds is 8. The van der Waals surface area contributed by atoms with Gasteiger partial charge in [-0.05, 0) is 49.7 Å². The molecule has 2 aromatic rings. The van der Waals surface area contributed by atoms with Crippen LogP contribution >= 0.6 is 0 Å². The molecule has 0 saturated carbocycles. The van der Waals surface area contributed by atoms with Crippen molar-refractivity contribution in [2.24, 2.45) is 0 Å². The summed E-state index contributed by atoms with van der Waals surface area (Å²) in [6, 6.07) is 10.1. The molecule has 0 bridgehead atoms.